The van der Waals surface area contributed by atoms with Crippen LogP contribution in [0.2, 0.25) is 5.02 Å². The van der Waals surface area contributed by atoms with Crippen LogP contribution in [0, 0.1) is 0 Å². The molecule has 0 radical (unpaired) electrons. The first-order valence-electron chi connectivity index (χ1n) is 9.30. The van der Waals surface area contributed by atoms with Crippen molar-refractivity contribution in [1.82, 2.24) is 4.90 Å². The van der Waals surface area contributed by atoms with Crippen molar-refractivity contribution in [2.45, 2.75) is 31.3 Å². The molecule has 1 saturated heterocycles. The maximum Gasteiger partial charge on any atom is 0.320 e. The van der Waals surface area contributed by atoms with Crippen LogP contribution < -0.4 is 14.2 Å². The number of hydrogen-bond donors (Lipinski definition) is 1. The highest BCUT2D eigenvalue weighted by Gasteiger charge is 2.37. The Kier molecular flexibility index (Phi) is 5.33. The summed E-state index contributed by atoms with van der Waals surface area (Å²) < 4.78 is 16.6. The van der Waals surface area contributed by atoms with Crippen molar-refractivity contribution in [2.75, 3.05) is 20.4 Å². The first-order valence-corrected chi connectivity index (χ1v) is 9.68. The van der Waals surface area contributed by atoms with Gasteiger partial charge in [-0.25, -0.2) is 0 Å². The Hall–Kier alpha value is -2.44. The van der Waals surface area contributed by atoms with Gasteiger partial charge < -0.3 is 19.3 Å². The molecule has 2 aliphatic heterocycles. The first kappa shape index (κ1) is 18.9. The number of nitrogens with zero attached hydrogens (tertiary/aromatic N) is 1. The van der Waals surface area contributed by atoms with E-state index in [1.165, 1.54) is 0 Å². The normalized spacial score (nSPS) is 20.0. The Morgan fingerprint density at radius 2 is 2.04 bits per heavy atom. The second-order valence-electron chi connectivity index (χ2n) is 6.99. The molecule has 0 aromatic heterocycles. The zero-order valence-electron chi connectivity index (χ0n) is 15.6. The fraction of sp³-hybridized carbons (Fsp3) is 0.381. The molecule has 2 aromatic rings. The van der Waals surface area contributed by atoms with E-state index in [4.69, 9.17) is 25.8 Å². The zero-order chi connectivity index (χ0) is 19.7. The van der Waals surface area contributed by atoms with Gasteiger partial charge in [-0.15, -0.1) is 0 Å². The van der Waals surface area contributed by atoms with E-state index < -0.39 is 12.0 Å². The van der Waals surface area contributed by atoms with Crippen molar-refractivity contribution in [2.24, 2.45) is 0 Å². The predicted octanol–water partition coefficient (Wildman–Crippen LogP) is 4.11. The molecule has 0 aliphatic carbocycles. The summed E-state index contributed by atoms with van der Waals surface area (Å²) in [7, 11) is 1.61. The third kappa shape index (κ3) is 3.50. The summed E-state index contributed by atoms with van der Waals surface area (Å²) in [5.41, 5.74) is 1.75. The van der Waals surface area contributed by atoms with Crippen molar-refractivity contribution in [1.29, 1.82) is 0 Å². The lowest BCUT2D eigenvalue weighted by atomic mass is 9.91. The molecule has 148 valence electrons. The number of carboxylic acid groups (broad SMARTS) is 1. The number of rotatable bonds is 5. The number of halogens is 1. The van der Waals surface area contributed by atoms with Gasteiger partial charge in [0, 0.05) is 10.6 Å². The average Bonchev–Trinajstić information content (AvgIpc) is 3.17. The van der Waals surface area contributed by atoms with Crippen LogP contribution >= 0.6 is 11.6 Å². The first-order chi connectivity index (χ1) is 13.6. The number of piperidine rings is 1. The topological polar surface area (TPSA) is 68.2 Å². The smallest absolute Gasteiger partial charge is 0.320 e. The minimum absolute atomic E-state index is 0.186. The zero-order valence-corrected chi connectivity index (χ0v) is 16.3. The van der Waals surface area contributed by atoms with E-state index in [2.05, 4.69) is 0 Å². The molecule has 0 amide bonds. The van der Waals surface area contributed by atoms with Crippen molar-refractivity contribution in [3.8, 4) is 17.2 Å². The van der Waals surface area contributed by atoms with Gasteiger partial charge in [0.2, 0.25) is 6.79 Å². The third-order valence-corrected chi connectivity index (χ3v) is 5.59. The molecule has 1 fully saturated rings. The Bertz CT molecular complexity index is 887. The Balaban J connectivity index is 1.86. The number of carboxylic acids is 1. The fourth-order valence-corrected chi connectivity index (χ4v) is 4.26. The molecule has 0 saturated carbocycles. The molecule has 0 spiro atoms. The van der Waals surface area contributed by atoms with Crippen LogP contribution in [-0.2, 0) is 4.79 Å². The highest BCUT2D eigenvalue weighted by Crippen LogP contribution is 2.42. The lowest BCUT2D eigenvalue weighted by molar-refractivity contribution is -0.145. The number of fused-ring (bicyclic) bond motifs is 1. The standard InChI is InChI=1S/C21H22ClNO5/c1-26-17-8-6-14(22)11-15(17)20(23-9-3-2-4-16(23)21(24)25)13-5-7-18-19(10-13)28-12-27-18/h5-8,10-11,16,20H,2-4,9,12H2,1H3,(H,24,25). The van der Waals surface area contributed by atoms with Crippen LogP contribution in [0.4, 0.5) is 0 Å². The van der Waals surface area contributed by atoms with E-state index in [1.807, 2.05) is 35.2 Å². The summed E-state index contributed by atoms with van der Waals surface area (Å²) in [6, 6.07) is 10.3. The highest BCUT2D eigenvalue weighted by atomic mass is 35.5. The predicted molar refractivity (Wildman–Crippen MR) is 104 cm³/mol. The monoisotopic (exact) mass is 403 g/mol. The molecule has 6 nitrogen and oxygen atoms in total. The number of carbonyl (C=O) groups is 1. The summed E-state index contributed by atoms with van der Waals surface area (Å²) in [4.78, 5) is 14.0. The number of ether oxygens (including phenoxy) is 3. The van der Waals surface area contributed by atoms with Crippen molar-refractivity contribution in [3.63, 3.8) is 0 Å². The Labute approximate surface area is 168 Å². The van der Waals surface area contributed by atoms with E-state index in [-0.39, 0.29) is 12.8 Å². The molecular weight excluding hydrogens is 382 g/mol. The second kappa shape index (κ2) is 7.89. The van der Waals surface area contributed by atoms with E-state index in [1.54, 1.807) is 13.2 Å². The highest BCUT2D eigenvalue weighted by molar-refractivity contribution is 6.30. The molecule has 0 bridgehead atoms. The van der Waals surface area contributed by atoms with E-state index in [0.29, 0.717) is 35.2 Å². The molecule has 1 N–H and O–H groups in total. The van der Waals surface area contributed by atoms with Crippen LogP contribution in [0.15, 0.2) is 36.4 Å². The van der Waals surface area contributed by atoms with Gasteiger partial charge in [-0.3, -0.25) is 9.69 Å². The minimum Gasteiger partial charge on any atom is -0.496 e. The number of aliphatic carboxylic acids is 1. The van der Waals surface area contributed by atoms with Crippen molar-refractivity contribution in [3.05, 3.63) is 52.5 Å². The number of benzene rings is 2. The molecule has 7 heteroatoms. The molecule has 2 atom stereocenters. The number of methoxy groups -OCH3 is 1. The number of likely N-dealkylation sites (tertiary alicyclic amines) is 1. The lowest BCUT2D eigenvalue weighted by Gasteiger charge is -2.40. The molecule has 2 aromatic carbocycles. The largest absolute Gasteiger partial charge is 0.496 e. The quantitative estimate of drug-likeness (QED) is 0.810. The third-order valence-electron chi connectivity index (χ3n) is 5.36. The molecule has 4 rings (SSSR count). The van der Waals surface area contributed by atoms with Gasteiger partial charge in [0.15, 0.2) is 11.5 Å². The van der Waals surface area contributed by atoms with Crippen LogP contribution in [0.5, 0.6) is 17.2 Å². The van der Waals surface area contributed by atoms with Crippen LogP contribution in [0.25, 0.3) is 0 Å². The van der Waals surface area contributed by atoms with Crippen LogP contribution in [0.3, 0.4) is 0 Å². The van der Waals surface area contributed by atoms with E-state index in [0.717, 1.165) is 24.0 Å². The minimum atomic E-state index is -0.813. The van der Waals surface area contributed by atoms with Gasteiger partial charge in [0.1, 0.15) is 11.8 Å². The van der Waals surface area contributed by atoms with Gasteiger partial charge in [0.05, 0.1) is 13.2 Å². The molecular formula is C21H22ClNO5. The maximum atomic E-state index is 12.0. The summed E-state index contributed by atoms with van der Waals surface area (Å²) >= 11 is 6.30. The molecule has 2 unspecified atom stereocenters. The number of hydrogen-bond acceptors (Lipinski definition) is 5. The summed E-state index contributed by atoms with van der Waals surface area (Å²) in [5, 5.41) is 10.4. The second-order valence-corrected chi connectivity index (χ2v) is 7.43. The van der Waals surface area contributed by atoms with Gasteiger partial charge in [-0.1, -0.05) is 24.1 Å². The maximum absolute atomic E-state index is 12.0. The molecule has 28 heavy (non-hydrogen) atoms. The Morgan fingerprint density at radius 1 is 1.21 bits per heavy atom. The summed E-state index contributed by atoms with van der Waals surface area (Å²) in [5.74, 6) is 1.20. The van der Waals surface area contributed by atoms with Crippen molar-refractivity contribution >= 4 is 17.6 Å². The van der Waals surface area contributed by atoms with Crippen molar-refractivity contribution < 1.29 is 24.1 Å². The summed E-state index contributed by atoms with van der Waals surface area (Å²) in [6.45, 7) is 0.858. The summed E-state index contributed by atoms with van der Waals surface area (Å²) in [6.07, 6.45) is 2.45. The van der Waals surface area contributed by atoms with Crippen LogP contribution in [0.1, 0.15) is 36.4 Å². The fourth-order valence-electron chi connectivity index (χ4n) is 4.08. The van der Waals surface area contributed by atoms with Gasteiger partial charge in [0.25, 0.3) is 0 Å². The SMILES string of the molecule is COc1ccc(Cl)cc1C(c1ccc2c(c1)OCO2)N1CCCCC1C(=O)O. The van der Waals surface area contributed by atoms with E-state index in [9.17, 15) is 9.90 Å². The Morgan fingerprint density at radius 3 is 2.82 bits per heavy atom. The van der Waals surface area contributed by atoms with E-state index >= 15 is 0 Å². The van der Waals surface area contributed by atoms with Gasteiger partial charge in [-0.2, -0.15) is 0 Å². The van der Waals surface area contributed by atoms with Gasteiger partial charge >= 0.3 is 5.97 Å². The average molecular weight is 404 g/mol. The molecule has 2 heterocycles. The van der Waals surface area contributed by atoms with Crippen LogP contribution in [-0.4, -0.2) is 42.5 Å². The molecule has 2 aliphatic rings. The lowest BCUT2D eigenvalue weighted by Crippen LogP contribution is -2.46. The van der Waals surface area contributed by atoms with Gasteiger partial charge in [-0.05, 0) is 55.3 Å².